The van der Waals surface area contributed by atoms with Crippen molar-refractivity contribution >= 4 is 5.97 Å². The molecule has 0 saturated heterocycles. The van der Waals surface area contributed by atoms with Crippen LogP contribution in [0, 0.1) is 17.8 Å². The zero-order valence-corrected chi connectivity index (χ0v) is 9.24. The third kappa shape index (κ3) is 2.59. The van der Waals surface area contributed by atoms with Crippen molar-refractivity contribution in [2.45, 2.75) is 19.3 Å². The molecule has 2 aliphatic rings. The Morgan fingerprint density at radius 2 is 2.33 bits per heavy atom. The first-order valence-corrected chi connectivity index (χ1v) is 5.75. The van der Waals surface area contributed by atoms with Gasteiger partial charge in [-0.1, -0.05) is 12.2 Å². The average molecular weight is 209 g/mol. The molecule has 3 nitrogen and oxygen atoms in total. The summed E-state index contributed by atoms with van der Waals surface area (Å²) in [5.41, 5.74) is 0. The monoisotopic (exact) mass is 209 g/mol. The minimum absolute atomic E-state index is 0.129. The van der Waals surface area contributed by atoms with Gasteiger partial charge in [0.1, 0.15) is 0 Å². The summed E-state index contributed by atoms with van der Waals surface area (Å²) >= 11 is 0. The second-order valence-electron chi connectivity index (χ2n) is 4.57. The Morgan fingerprint density at radius 1 is 1.47 bits per heavy atom. The lowest BCUT2D eigenvalue weighted by Gasteiger charge is -2.18. The van der Waals surface area contributed by atoms with Crippen LogP contribution in [0.4, 0.5) is 0 Å². The first-order chi connectivity index (χ1) is 7.29. The van der Waals surface area contributed by atoms with Crippen molar-refractivity contribution in [3.63, 3.8) is 0 Å². The van der Waals surface area contributed by atoms with Crippen LogP contribution in [-0.4, -0.2) is 26.2 Å². The summed E-state index contributed by atoms with van der Waals surface area (Å²) in [5.74, 6) is 2.29. The van der Waals surface area contributed by atoms with Gasteiger partial charge in [-0.2, -0.15) is 0 Å². The van der Waals surface area contributed by atoms with Gasteiger partial charge in [-0.15, -0.1) is 0 Å². The van der Waals surface area contributed by atoms with Gasteiger partial charge >= 0.3 is 5.97 Å². The molecule has 84 valence electrons. The van der Waals surface area contributed by atoms with E-state index >= 15 is 0 Å². The van der Waals surface area contributed by atoms with Gasteiger partial charge in [0, 0.05) is 6.54 Å². The number of nitrogens with one attached hydrogen (secondary N) is 1. The summed E-state index contributed by atoms with van der Waals surface area (Å²) in [7, 11) is 1.43. The Kier molecular flexibility index (Phi) is 3.41. The number of rotatable bonds is 5. The SMILES string of the molecule is COC(=O)CCNCC1CC2C=CC1C2. The summed E-state index contributed by atoms with van der Waals surface area (Å²) < 4.78 is 4.58. The van der Waals surface area contributed by atoms with Gasteiger partial charge < -0.3 is 10.1 Å². The Balaban J connectivity index is 1.59. The molecule has 0 amide bonds. The van der Waals surface area contributed by atoms with Crippen LogP contribution in [0.25, 0.3) is 0 Å². The second-order valence-corrected chi connectivity index (χ2v) is 4.57. The number of ether oxygens (including phenoxy) is 1. The first kappa shape index (κ1) is 10.7. The molecule has 0 aromatic heterocycles. The fourth-order valence-electron chi connectivity index (χ4n) is 2.71. The summed E-state index contributed by atoms with van der Waals surface area (Å²) in [6.45, 7) is 1.78. The predicted molar refractivity (Wildman–Crippen MR) is 58.3 cm³/mol. The molecule has 15 heavy (non-hydrogen) atoms. The number of carbonyl (C=O) groups is 1. The molecule has 0 aromatic carbocycles. The molecule has 1 N–H and O–H groups in total. The van der Waals surface area contributed by atoms with Crippen LogP contribution in [0.2, 0.25) is 0 Å². The van der Waals surface area contributed by atoms with Crippen molar-refractivity contribution in [3.05, 3.63) is 12.2 Å². The largest absolute Gasteiger partial charge is 0.469 e. The van der Waals surface area contributed by atoms with Gasteiger partial charge in [-0.3, -0.25) is 4.79 Å². The van der Waals surface area contributed by atoms with Gasteiger partial charge in [0.2, 0.25) is 0 Å². The molecule has 2 rings (SSSR count). The van der Waals surface area contributed by atoms with Crippen LogP contribution >= 0.6 is 0 Å². The van der Waals surface area contributed by atoms with E-state index in [2.05, 4.69) is 22.2 Å². The quantitative estimate of drug-likeness (QED) is 0.422. The number of hydrogen-bond acceptors (Lipinski definition) is 3. The van der Waals surface area contributed by atoms with Crippen LogP contribution in [0.15, 0.2) is 12.2 Å². The van der Waals surface area contributed by atoms with E-state index in [1.807, 2.05) is 0 Å². The molecular formula is C12H19NO2. The van der Waals surface area contributed by atoms with Crippen molar-refractivity contribution < 1.29 is 9.53 Å². The first-order valence-electron chi connectivity index (χ1n) is 5.75. The normalized spacial score (nSPS) is 32.2. The molecule has 0 radical (unpaired) electrons. The Bertz CT molecular complexity index is 262. The van der Waals surface area contributed by atoms with Crippen LogP contribution in [0.5, 0.6) is 0 Å². The van der Waals surface area contributed by atoms with Crippen molar-refractivity contribution in [2.24, 2.45) is 17.8 Å². The third-order valence-electron chi connectivity index (χ3n) is 3.56. The van der Waals surface area contributed by atoms with Gasteiger partial charge in [0.15, 0.2) is 0 Å². The van der Waals surface area contributed by atoms with Gasteiger partial charge in [0.25, 0.3) is 0 Å². The molecular weight excluding hydrogens is 190 g/mol. The second kappa shape index (κ2) is 4.79. The van der Waals surface area contributed by atoms with E-state index < -0.39 is 0 Å². The average Bonchev–Trinajstić information content (AvgIpc) is 2.85. The molecule has 0 aliphatic heterocycles. The van der Waals surface area contributed by atoms with E-state index in [9.17, 15) is 4.79 Å². The number of hydrogen-bond donors (Lipinski definition) is 1. The molecule has 3 heteroatoms. The maximum atomic E-state index is 10.9. The van der Waals surface area contributed by atoms with Crippen LogP contribution < -0.4 is 5.32 Å². The van der Waals surface area contributed by atoms with E-state index in [4.69, 9.17) is 0 Å². The highest BCUT2D eigenvalue weighted by Crippen LogP contribution is 2.42. The highest BCUT2D eigenvalue weighted by atomic mass is 16.5. The molecule has 3 atom stereocenters. The Labute approximate surface area is 90.9 Å². The molecule has 2 bridgehead atoms. The molecule has 1 saturated carbocycles. The minimum Gasteiger partial charge on any atom is -0.469 e. The maximum Gasteiger partial charge on any atom is 0.306 e. The lowest BCUT2D eigenvalue weighted by atomic mass is 9.94. The lowest BCUT2D eigenvalue weighted by Crippen LogP contribution is -2.27. The smallest absolute Gasteiger partial charge is 0.306 e. The number of allylic oxidation sites excluding steroid dienone is 2. The molecule has 2 aliphatic carbocycles. The fraction of sp³-hybridized carbons (Fsp3) is 0.750. The fourth-order valence-corrected chi connectivity index (χ4v) is 2.71. The zero-order chi connectivity index (χ0) is 10.7. The third-order valence-corrected chi connectivity index (χ3v) is 3.56. The molecule has 0 spiro atoms. The van der Waals surface area contributed by atoms with Crippen molar-refractivity contribution in [1.29, 1.82) is 0 Å². The summed E-state index contributed by atoms with van der Waals surface area (Å²) in [6, 6.07) is 0. The summed E-state index contributed by atoms with van der Waals surface area (Å²) in [5, 5.41) is 3.34. The standard InChI is InChI=1S/C12H19NO2/c1-15-12(14)4-5-13-8-11-7-9-2-3-10(11)6-9/h2-3,9-11,13H,4-8H2,1H3. The van der Waals surface area contributed by atoms with E-state index in [0.29, 0.717) is 6.42 Å². The van der Waals surface area contributed by atoms with Crippen molar-refractivity contribution in [2.75, 3.05) is 20.2 Å². The van der Waals surface area contributed by atoms with Gasteiger partial charge in [0.05, 0.1) is 13.5 Å². The van der Waals surface area contributed by atoms with Crippen LogP contribution in [0.1, 0.15) is 19.3 Å². The maximum absolute atomic E-state index is 10.9. The van der Waals surface area contributed by atoms with Crippen LogP contribution in [0.3, 0.4) is 0 Å². The highest BCUT2D eigenvalue weighted by molar-refractivity contribution is 5.69. The van der Waals surface area contributed by atoms with E-state index in [-0.39, 0.29) is 5.97 Å². The van der Waals surface area contributed by atoms with E-state index in [0.717, 1.165) is 30.8 Å². The lowest BCUT2D eigenvalue weighted by molar-refractivity contribution is -0.140. The number of carbonyl (C=O) groups excluding carboxylic acids is 1. The molecule has 3 unspecified atom stereocenters. The number of methoxy groups -OCH3 is 1. The van der Waals surface area contributed by atoms with Gasteiger partial charge in [-0.25, -0.2) is 0 Å². The summed E-state index contributed by atoms with van der Waals surface area (Å²) in [6.07, 6.45) is 7.87. The van der Waals surface area contributed by atoms with E-state index in [1.165, 1.54) is 20.0 Å². The zero-order valence-electron chi connectivity index (χ0n) is 9.24. The van der Waals surface area contributed by atoms with Gasteiger partial charge in [-0.05, 0) is 37.1 Å². The predicted octanol–water partition coefficient (Wildman–Crippen LogP) is 1.35. The molecule has 0 aromatic rings. The van der Waals surface area contributed by atoms with Crippen molar-refractivity contribution in [1.82, 2.24) is 5.32 Å². The highest BCUT2D eigenvalue weighted by Gasteiger charge is 2.34. The van der Waals surface area contributed by atoms with Crippen molar-refractivity contribution in [3.8, 4) is 0 Å². The summed E-state index contributed by atoms with van der Waals surface area (Å²) in [4.78, 5) is 10.9. The molecule has 0 heterocycles. The number of esters is 1. The Hall–Kier alpha value is -0.830. The topological polar surface area (TPSA) is 38.3 Å². The Morgan fingerprint density at radius 3 is 2.93 bits per heavy atom. The molecule has 1 fully saturated rings. The minimum atomic E-state index is -0.129. The van der Waals surface area contributed by atoms with Crippen LogP contribution in [-0.2, 0) is 9.53 Å². The van der Waals surface area contributed by atoms with E-state index in [1.54, 1.807) is 0 Å². The number of fused-ring (bicyclic) bond motifs is 2.